The zero-order chi connectivity index (χ0) is 14.5. The van der Waals surface area contributed by atoms with Gasteiger partial charge in [0, 0.05) is 16.6 Å². The van der Waals surface area contributed by atoms with Gasteiger partial charge in [-0.3, -0.25) is 0 Å². The highest BCUT2D eigenvalue weighted by Gasteiger charge is 2.22. The number of rotatable bonds is 7. The fourth-order valence-corrected chi connectivity index (χ4v) is 3.42. The molecule has 0 bridgehead atoms. The molecule has 0 saturated carbocycles. The summed E-state index contributed by atoms with van der Waals surface area (Å²) in [6.07, 6.45) is 4.98. The maximum Gasteiger partial charge on any atom is 0.0326 e. The number of hydrogen-bond acceptors (Lipinski definition) is 2. The van der Waals surface area contributed by atoms with Gasteiger partial charge >= 0.3 is 0 Å². The minimum Gasteiger partial charge on any atom is -0.310 e. The Morgan fingerprint density at radius 2 is 2.15 bits per heavy atom. The molecule has 1 aliphatic carbocycles. The van der Waals surface area contributed by atoms with E-state index in [0.29, 0.717) is 12.1 Å². The Morgan fingerprint density at radius 1 is 1.35 bits per heavy atom. The summed E-state index contributed by atoms with van der Waals surface area (Å²) in [5.41, 5.74) is 3.00. The molecule has 112 valence electrons. The van der Waals surface area contributed by atoms with Crippen LogP contribution in [0.3, 0.4) is 0 Å². The van der Waals surface area contributed by atoms with Gasteiger partial charge in [0.2, 0.25) is 0 Å². The zero-order valence-electron chi connectivity index (χ0n) is 13.0. The minimum absolute atomic E-state index is 0.560. The van der Waals surface area contributed by atoms with Gasteiger partial charge in [0.25, 0.3) is 0 Å². The van der Waals surface area contributed by atoms with E-state index in [4.69, 9.17) is 0 Å². The Hall–Kier alpha value is -0.380. The monoisotopic (exact) mass is 338 g/mol. The van der Waals surface area contributed by atoms with Crippen molar-refractivity contribution in [2.24, 2.45) is 0 Å². The largest absolute Gasteiger partial charge is 0.310 e. The fourth-order valence-electron chi connectivity index (χ4n) is 2.84. The molecule has 20 heavy (non-hydrogen) atoms. The van der Waals surface area contributed by atoms with E-state index in [1.54, 1.807) is 0 Å². The molecule has 0 aliphatic heterocycles. The van der Waals surface area contributed by atoms with Crippen molar-refractivity contribution in [2.45, 2.75) is 51.6 Å². The van der Waals surface area contributed by atoms with Gasteiger partial charge in [-0.15, -0.1) is 0 Å². The second-order valence-corrected chi connectivity index (χ2v) is 6.99. The van der Waals surface area contributed by atoms with Gasteiger partial charge in [-0.05, 0) is 76.9 Å². The van der Waals surface area contributed by atoms with Crippen LogP contribution in [0, 0.1) is 0 Å². The number of nitrogens with one attached hydrogen (secondary N) is 1. The average molecular weight is 339 g/mol. The first-order chi connectivity index (χ1) is 9.59. The van der Waals surface area contributed by atoms with E-state index in [2.05, 4.69) is 65.2 Å². The molecule has 1 unspecified atom stereocenters. The molecule has 1 aromatic carbocycles. The second-order valence-electron chi connectivity index (χ2n) is 6.13. The van der Waals surface area contributed by atoms with Crippen LogP contribution in [-0.2, 0) is 6.42 Å². The first-order valence-electron chi connectivity index (χ1n) is 7.80. The van der Waals surface area contributed by atoms with Crippen LogP contribution in [0.4, 0.5) is 0 Å². The maximum absolute atomic E-state index is 3.73. The zero-order valence-corrected chi connectivity index (χ0v) is 14.5. The molecule has 0 heterocycles. The Kier molecular flexibility index (Phi) is 6.06. The highest BCUT2D eigenvalue weighted by Crippen LogP contribution is 2.35. The molecule has 0 radical (unpaired) electrons. The molecule has 1 aliphatic rings. The molecule has 2 nitrogen and oxygen atoms in total. The van der Waals surface area contributed by atoms with Crippen molar-refractivity contribution in [3.8, 4) is 0 Å². The third-order valence-electron chi connectivity index (χ3n) is 4.42. The number of unbranched alkanes of at least 4 members (excludes halogenated alkanes) is 1. The van der Waals surface area contributed by atoms with Gasteiger partial charge in [-0.25, -0.2) is 0 Å². The highest BCUT2D eigenvalue weighted by atomic mass is 79.9. The molecule has 1 aromatic rings. The van der Waals surface area contributed by atoms with E-state index in [9.17, 15) is 0 Å². The summed E-state index contributed by atoms with van der Waals surface area (Å²) in [5, 5.41) is 3.73. The van der Waals surface area contributed by atoms with Crippen LogP contribution in [-0.4, -0.2) is 31.1 Å². The van der Waals surface area contributed by atoms with Crippen LogP contribution in [0.1, 0.15) is 50.3 Å². The van der Waals surface area contributed by atoms with Crippen LogP contribution >= 0.6 is 15.9 Å². The van der Waals surface area contributed by atoms with Crippen molar-refractivity contribution in [3.05, 3.63) is 33.8 Å². The second kappa shape index (κ2) is 7.58. The minimum atomic E-state index is 0.560. The van der Waals surface area contributed by atoms with Crippen molar-refractivity contribution in [1.29, 1.82) is 0 Å². The summed E-state index contributed by atoms with van der Waals surface area (Å²) in [5.74, 6) is 0. The molecule has 2 rings (SSSR count). The summed E-state index contributed by atoms with van der Waals surface area (Å²) in [6, 6.07) is 7.80. The highest BCUT2D eigenvalue weighted by molar-refractivity contribution is 9.10. The standard InChI is InChI=1S/C17H27BrN2/c1-13(2)20(3)12-5-4-11-19-17-10-9-14-15(17)7-6-8-16(14)18/h6-8,13,17,19H,4-5,9-12H2,1-3H3. The smallest absolute Gasteiger partial charge is 0.0326 e. The molecular formula is C17H27BrN2. The van der Waals surface area contributed by atoms with Gasteiger partial charge in [0.1, 0.15) is 0 Å². The van der Waals surface area contributed by atoms with Crippen molar-refractivity contribution in [1.82, 2.24) is 10.2 Å². The van der Waals surface area contributed by atoms with Crippen LogP contribution in [0.2, 0.25) is 0 Å². The summed E-state index contributed by atoms with van der Waals surface area (Å²) >= 11 is 3.66. The molecule has 0 aromatic heterocycles. The van der Waals surface area contributed by atoms with Crippen LogP contribution in [0.5, 0.6) is 0 Å². The van der Waals surface area contributed by atoms with Gasteiger partial charge < -0.3 is 10.2 Å². The van der Waals surface area contributed by atoms with E-state index in [-0.39, 0.29) is 0 Å². The van der Waals surface area contributed by atoms with Crippen molar-refractivity contribution >= 4 is 15.9 Å². The average Bonchev–Trinajstić information content (AvgIpc) is 2.83. The summed E-state index contributed by atoms with van der Waals surface area (Å²) in [6.45, 7) is 6.84. The topological polar surface area (TPSA) is 15.3 Å². The third kappa shape index (κ3) is 4.06. The normalized spacial score (nSPS) is 18.0. The van der Waals surface area contributed by atoms with E-state index >= 15 is 0 Å². The molecule has 1 N–H and O–H groups in total. The van der Waals surface area contributed by atoms with E-state index in [1.165, 1.54) is 47.8 Å². The van der Waals surface area contributed by atoms with Gasteiger partial charge in [0.15, 0.2) is 0 Å². The van der Waals surface area contributed by atoms with Gasteiger partial charge in [-0.2, -0.15) is 0 Å². The van der Waals surface area contributed by atoms with E-state index < -0.39 is 0 Å². The van der Waals surface area contributed by atoms with Crippen molar-refractivity contribution in [2.75, 3.05) is 20.1 Å². The predicted molar refractivity (Wildman–Crippen MR) is 90.2 cm³/mol. The number of fused-ring (bicyclic) bond motifs is 1. The Bertz CT molecular complexity index is 431. The van der Waals surface area contributed by atoms with Crippen LogP contribution in [0.25, 0.3) is 0 Å². The summed E-state index contributed by atoms with van der Waals surface area (Å²) in [4.78, 5) is 2.42. The molecule has 1 atom stereocenters. The number of hydrogen-bond donors (Lipinski definition) is 1. The lowest BCUT2D eigenvalue weighted by molar-refractivity contribution is 0.267. The van der Waals surface area contributed by atoms with E-state index in [0.717, 1.165) is 6.54 Å². The molecular weight excluding hydrogens is 312 g/mol. The fraction of sp³-hybridized carbons (Fsp3) is 0.647. The van der Waals surface area contributed by atoms with Crippen LogP contribution in [0.15, 0.2) is 22.7 Å². The van der Waals surface area contributed by atoms with Gasteiger partial charge in [-0.1, -0.05) is 28.1 Å². The number of halogens is 1. The molecule has 3 heteroatoms. The lowest BCUT2D eigenvalue weighted by Gasteiger charge is -2.21. The van der Waals surface area contributed by atoms with Gasteiger partial charge in [0.05, 0.1) is 0 Å². The van der Waals surface area contributed by atoms with E-state index in [1.807, 2.05) is 0 Å². The number of nitrogens with zero attached hydrogens (tertiary/aromatic N) is 1. The number of benzene rings is 1. The molecule has 0 fully saturated rings. The lowest BCUT2D eigenvalue weighted by atomic mass is 10.1. The van der Waals surface area contributed by atoms with Crippen molar-refractivity contribution in [3.63, 3.8) is 0 Å². The van der Waals surface area contributed by atoms with Crippen LogP contribution < -0.4 is 5.32 Å². The third-order valence-corrected chi connectivity index (χ3v) is 5.17. The Morgan fingerprint density at radius 3 is 2.90 bits per heavy atom. The summed E-state index contributed by atoms with van der Waals surface area (Å²) in [7, 11) is 2.21. The summed E-state index contributed by atoms with van der Waals surface area (Å²) < 4.78 is 1.28. The lowest BCUT2D eigenvalue weighted by Crippen LogP contribution is -2.28. The first kappa shape index (κ1) is 16.0. The maximum atomic E-state index is 3.73. The molecule has 0 amide bonds. The molecule has 0 spiro atoms. The molecule has 0 saturated heterocycles. The Balaban J connectivity index is 1.71. The predicted octanol–water partition coefficient (Wildman–Crippen LogP) is 4.15. The Labute approximate surface area is 132 Å². The van der Waals surface area contributed by atoms with Crippen molar-refractivity contribution < 1.29 is 0 Å². The quantitative estimate of drug-likeness (QED) is 0.751. The first-order valence-corrected chi connectivity index (χ1v) is 8.60. The SMILES string of the molecule is CC(C)N(C)CCCCNC1CCc2c(Br)cccc21.